The van der Waals surface area contributed by atoms with E-state index in [0.717, 1.165) is 6.42 Å². The predicted octanol–water partition coefficient (Wildman–Crippen LogP) is 3.07. The quantitative estimate of drug-likeness (QED) is 0.536. The van der Waals surface area contributed by atoms with E-state index in [0.29, 0.717) is 47.7 Å². The number of carbonyl (C=O) groups excluding carboxylic acids is 1. The van der Waals surface area contributed by atoms with E-state index in [-0.39, 0.29) is 17.5 Å². The highest BCUT2D eigenvalue weighted by Crippen LogP contribution is 2.28. The Hall–Kier alpha value is -3.49. The number of rotatable bonds is 9. The van der Waals surface area contributed by atoms with E-state index in [1.54, 1.807) is 13.1 Å². The van der Waals surface area contributed by atoms with Crippen LogP contribution in [0.2, 0.25) is 0 Å². The van der Waals surface area contributed by atoms with Gasteiger partial charge in [0.2, 0.25) is 5.91 Å². The summed E-state index contributed by atoms with van der Waals surface area (Å²) in [4.78, 5) is 32.3. The number of piperazine rings is 1. The van der Waals surface area contributed by atoms with Crippen LogP contribution in [0, 0.1) is 5.92 Å². The number of carboxylic acid groups (broad SMARTS) is 1. The van der Waals surface area contributed by atoms with E-state index in [1.807, 2.05) is 11.8 Å². The molecule has 0 aromatic heterocycles. The number of hydrogen-bond acceptors (Lipinski definition) is 6. The summed E-state index contributed by atoms with van der Waals surface area (Å²) in [6.45, 7) is 10.9. The lowest BCUT2D eigenvalue weighted by Gasteiger charge is -2.42. The molecule has 0 spiro atoms. The van der Waals surface area contributed by atoms with Gasteiger partial charge in [-0.05, 0) is 37.0 Å². The van der Waals surface area contributed by atoms with Gasteiger partial charge >= 0.3 is 5.97 Å². The van der Waals surface area contributed by atoms with Gasteiger partial charge in [0.05, 0.1) is 18.4 Å². The molecule has 2 rings (SSSR count). The highest BCUT2D eigenvalue weighted by atomic mass is 16.5. The maximum absolute atomic E-state index is 12.9. The standard InChI is InChI=1S/C23H33N5O4/c1-7-18-22(29)27(5)19(13-24)21(28(18)11-10-14(2)3)26-15(4)25-17-9-8-16(23(30)31)12-20(17)32-6/h8-9,12-14,18,25H,4,7,10-11,24H2,1-3,5-6H3,(H,30,31)/b19-13+,26-21?/t18-/m1/s1. The summed E-state index contributed by atoms with van der Waals surface area (Å²) in [5, 5.41) is 12.3. The van der Waals surface area contributed by atoms with Crippen molar-refractivity contribution in [2.75, 3.05) is 26.0 Å². The molecular weight excluding hydrogens is 410 g/mol. The Labute approximate surface area is 189 Å². The molecule has 1 aliphatic heterocycles. The van der Waals surface area contributed by atoms with Gasteiger partial charge in [-0.15, -0.1) is 0 Å². The van der Waals surface area contributed by atoms with Gasteiger partial charge < -0.3 is 30.7 Å². The highest BCUT2D eigenvalue weighted by molar-refractivity contribution is 6.07. The summed E-state index contributed by atoms with van der Waals surface area (Å²) in [5.41, 5.74) is 7.01. The molecule has 174 valence electrons. The van der Waals surface area contributed by atoms with Gasteiger partial charge in [0.1, 0.15) is 23.3 Å². The summed E-state index contributed by atoms with van der Waals surface area (Å²) < 4.78 is 5.31. The molecule has 0 radical (unpaired) electrons. The maximum atomic E-state index is 12.9. The maximum Gasteiger partial charge on any atom is 0.335 e. The minimum Gasteiger partial charge on any atom is -0.495 e. The Kier molecular flexibility index (Phi) is 8.28. The molecule has 1 aromatic rings. The lowest BCUT2D eigenvalue weighted by Crippen LogP contribution is -2.57. The number of carboxylic acids is 1. The minimum absolute atomic E-state index is 0.0311. The van der Waals surface area contributed by atoms with Crippen LogP contribution in [0.25, 0.3) is 0 Å². The van der Waals surface area contributed by atoms with E-state index in [2.05, 4.69) is 30.7 Å². The van der Waals surface area contributed by atoms with Gasteiger partial charge in [0, 0.05) is 19.8 Å². The molecule has 0 unspecified atom stereocenters. The zero-order chi connectivity index (χ0) is 24.0. The Morgan fingerprint density at radius 1 is 1.44 bits per heavy atom. The second kappa shape index (κ2) is 10.7. The van der Waals surface area contributed by atoms with Gasteiger partial charge in [-0.1, -0.05) is 27.4 Å². The van der Waals surface area contributed by atoms with Crippen molar-refractivity contribution in [2.45, 2.75) is 39.7 Å². The number of benzene rings is 1. The largest absolute Gasteiger partial charge is 0.495 e. The first-order valence-electron chi connectivity index (χ1n) is 10.6. The molecule has 9 heteroatoms. The Morgan fingerprint density at radius 3 is 2.66 bits per heavy atom. The molecule has 1 fully saturated rings. The third-order valence-electron chi connectivity index (χ3n) is 5.31. The van der Waals surface area contributed by atoms with E-state index in [4.69, 9.17) is 10.5 Å². The number of anilines is 1. The number of amides is 1. The Balaban J connectivity index is 2.42. The molecule has 0 saturated carbocycles. The highest BCUT2D eigenvalue weighted by Gasteiger charge is 2.38. The van der Waals surface area contributed by atoms with Crippen molar-refractivity contribution in [1.82, 2.24) is 9.80 Å². The van der Waals surface area contributed by atoms with Crippen molar-refractivity contribution in [1.29, 1.82) is 0 Å². The summed E-state index contributed by atoms with van der Waals surface area (Å²) >= 11 is 0. The third-order valence-corrected chi connectivity index (χ3v) is 5.31. The van der Waals surface area contributed by atoms with E-state index >= 15 is 0 Å². The second-order valence-corrected chi connectivity index (χ2v) is 7.98. The molecule has 0 aliphatic carbocycles. The molecule has 1 saturated heterocycles. The first kappa shape index (κ1) is 24.8. The van der Waals surface area contributed by atoms with Crippen molar-refractivity contribution < 1.29 is 19.4 Å². The molecule has 9 nitrogen and oxygen atoms in total. The van der Waals surface area contributed by atoms with Crippen LogP contribution >= 0.6 is 0 Å². The number of nitrogens with one attached hydrogen (secondary N) is 1. The average molecular weight is 444 g/mol. The van der Waals surface area contributed by atoms with Gasteiger partial charge in [-0.3, -0.25) is 4.79 Å². The van der Waals surface area contributed by atoms with Crippen molar-refractivity contribution in [3.63, 3.8) is 0 Å². The number of nitrogens with two attached hydrogens (primary N) is 1. The molecular formula is C23H33N5O4. The molecule has 0 bridgehead atoms. The molecule has 1 amide bonds. The number of nitrogens with zero attached hydrogens (tertiary/aromatic N) is 3. The van der Waals surface area contributed by atoms with Crippen LogP contribution in [-0.2, 0) is 4.79 Å². The summed E-state index contributed by atoms with van der Waals surface area (Å²) in [6, 6.07) is 4.13. The van der Waals surface area contributed by atoms with Gasteiger partial charge in [-0.2, -0.15) is 0 Å². The van der Waals surface area contributed by atoms with Crippen molar-refractivity contribution in [3.8, 4) is 5.75 Å². The fourth-order valence-corrected chi connectivity index (χ4v) is 3.52. The van der Waals surface area contributed by atoms with Crippen LogP contribution in [0.4, 0.5) is 5.69 Å². The van der Waals surface area contributed by atoms with Gasteiger partial charge in [0.25, 0.3) is 0 Å². The number of methoxy groups -OCH3 is 1. The van der Waals surface area contributed by atoms with E-state index in [1.165, 1.54) is 30.3 Å². The van der Waals surface area contributed by atoms with E-state index in [9.17, 15) is 14.7 Å². The van der Waals surface area contributed by atoms with E-state index < -0.39 is 5.97 Å². The van der Waals surface area contributed by atoms with Crippen LogP contribution in [-0.4, -0.2) is 59.4 Å². The number of likely N-dealkylation sites (N-methyl/N-ethyl adjacent to an activating group) is 1. The van der Waals surface area contributed by atoms with Gasteiger partial charge in [-0.25, -0.2) is 9.79 Å². The van der Waals surface area contributed by atoms with Crippen LogP contribution < -0.4 is 15.8 Å². The number of aromatic carboxylic acids is 1. The van der Waals surface area contributed by atoms with Gasteiger partial charge in [0.15, 0.2) is 5.84 Å². The molecule has 1 aliphatic rings. The number of hydrogen-bond donors (Lipinski definition) is 3. The fourth-order valence-electron chi connectivity index (χ4n) is 3.52. The first-order chi connectivity index (χ1) is 15.1. The average Bonchev–Trinajstić information content (AvgIpc) is 2.75. The first-order valence-corrected chi connectivity index (χ1v) is 10.6. The summed E-state index contributed by atoms with van der Waals surface area (Å²) in [6.07, 6.45) is 2.89. The molecule has 4 N–H and O–H groups in total. The molecule has 32 heavy (non-hydrogen) atoms. The smallest absolute Gasteiger partial charge is 0.335 e. The number of amidine groups is 1. The van der Waals surface area contributed by atoms with Crippen LogP contribution in [0.5, 0.6) is 5.75 Å². The predicted molar refractivity (Wildman–Crippen MR) is 125 cm³/mol. The van der Waals surface area contributed by atoms with Crippen molar-refractivity contribution in [3.05, 3.63) is 48.1 Å². The lowest BCUT2D eigenvalue weighted by atomic mass is 10.0. The minimum atomic E-state index is -1.05. The third kappa shape index (κ3) is 5.40. The number of aliphatic imine (C=N–C) groups is 1. The monoisotopic (exact) mass is 443 g/mol. The SMILES string of the molecule is C=C(N=C1/C(=C\N)N(C)C(=O)[C@@H](CC)N1CCC(C)C)Nc1ccc(C(=O)O)cc1OC. The fraction of sp³-hybridized carbons (Fsp3) is 0.435. The Bertz CT molecular complexity index is 938. The topological polar surface area (TPSA) is 120 Å². The van der Waals surface area contributed by atoms with Crippen LogP contribution in [0.3, 0.4) is 0 Å². The number of carbonyl (C=O) groups is 2. The van der Waals surface area contributed by atoms with Crippen molar-refractivity contribution >= 4 is 23.4 Å². The zero-order valence-electron chi connectivity index (χ0n) is 19.4. The summed E-state index contributed by atoms with van der Waals surface area (Å²) in [7, 11) is 3.14. The molecule has 1 aromatic carbocycles. The number of ether oxygens (including phenoxy) is 1. The summed E-state index contributed by atoms with van der Waals surface area (Å²) in [5.74, 6) is 0.574. The van der Waals surface area contributed by atoms with Crippen molar-refractivity contribution in [2.24, 2.45) is 16.6 Å². The normalized spacial score (nSPS) is 19.1. The zero-order valence-corrected chi connectivity index (χ0v) is 19.4. The lowest BCUT2D eigenvalue weighted by molar-refractivity contribution is -0.133. The van der Waals surface area contributed by atoms with Crippen LogP contribution in [0.1, 0.15) is 44.0 Å². The second-order valence-electron chi connectivity index (χ2n) is 7.98. The Morgan fingerprint density at radius 2 is 2.12 bits per heavy atom. The molecule has 1 atom stereocenters. The molecule has 1 heterocycles. The van der Waals surface area contributed by atoms with Crippen LogP contribution in [0.15, 0.2) is 47.5 Å².